The molecule has 0 spiro atoms. The number of hydrogen-bond acceptors (Lipinski definition) is 4. The first-order valence-corrected chi connectivity index (χ1v) is 12.9. The molecule has 4 N–H and O–H groups in total. The van der Waals surface area contributed by atoms with E-state index in [1.165, 1.54) is 12.1 Å². The van der Waals surface area contributed by atoms with Crippen molar-refractivity contribution in [2.45, 2.75) is 23.9 Å². The monoisotopic (exact) mass is 460 g/mol. The predicted octanol–water partition coefficient (Wildman–Crippen LogP) is 3.48. The van der Waals surface area contributed by atoms with Crippen LogP contribution in [-0.2, 0) is 14.6 Å². The van der Waals surface area contributed by atoms with Gasteiger partial charge in [-0.2, -0.15) is 0 Å². The van der Waals surface area contributed by atoms with Crippen LogP contribution in [0.4, 0.5) is 0 Å². The molecule has 3 aromatic rings. The van der Waals surface area contributed by atoms with Gasteiger partial charge in [0.2, 0.25) is 10.0 Å². The third-order valence-electron chi connectivity index (χ3n) is 4.78. The van der Waals surface area contributed by atoms with E-state index < -0.39 is 36.0 Å². The van der Waals surface area contributed by atoms with Crippen LogP contribution >= 0.6 is 7.60 Å². The maximum Gasteiger partial charge on any atom is 0.339 e. The summed E-state index contributed by atoms with van der Waals surface area (Å²) >= 11 is 0. The van der Waals surface area contributed by atoms with Gasteiger partial charge < -0.3 is 9.79 Å². The lowest BCUT2D eigenvalue weighted by Gasteiger charge is -2.30. The van der Waals surface area contributed by atoms with Gasteiger partial charge >= 0.3 is 7.60 Å². The first kappa shape index (κ1) is 23.3. The van der Waals surface area contributed by atoms with Crippen LogP contribution in [0, 0.1) is 6.92 Å². The number of sulfonamides is 1. The van der Waals surface area contributed by atoms with Crippen LogP contribution < -0.4 is 10.0 Å². The normalized spacial score (nSPS) is 14.2. The third kappa shape index (κ3) is 6.58. The number of benzene rings is 3. The molecule has 0 radical (unpaired) electrons. The summed E-state index contributed by atoms with van der Waals surface area (Å²) in [5.41, 5.74) is 2.28. The zero-order chi connectivity index (χ0) is 22.5. The minimum Gasteiger partial charge on any atom is -0.324 e. The van der Waals surface area contributed by atoms with Crippen molar-refractivity contribution in [3.05, 3.63) is 102 Å². The molecular weight excluding hydrogens is 435 g/mol. The van der Waals surface area contributed by atoms with Gasteiger partial charge in [0, 0.05) is 0 Å². The van der Waals surface area contributed by atoms with Gasteiger partial charge in [-0.15, -0.1) is 0 Å². The second-order valence-corrected chi connectivity index (χ2v) is 10.6. The summed E-state index contributed by atoms with van der Waals surface area (Å²) in [4.78, 5) is 18.9. The van der Waals surface area contributed by atoms with E-state index in [1.807, 2.05) is 19.1 Å². The van der Waals surface area contributed by atoms with Crippen molar-refractivity contribution in [2.75, 3.05) is 6.29 Å². The maximum absolute atomic E-state index is 13.2. The van der Waals surface area contributed by atoms with Gasteiger partial charge in [0.15, 0.2) is 0 Å². The highest BCUT2D eigenvalue weighted by Crippen LogP contribution is 2.36. The Morgan fingerprint density at radius 3 is 1.77 bits per heavy atom. The van der Waals surface area contributed by atoms with E-state index in [1.54, 1.807) is 60.7 Å². The van der Waals surface area contributed by atoms with Crippen LogP contribution in [0.1, 0.15) is 28.8 Å². The van der Waals surface area contributed by atoms with Crippen LogP contribution in [0.15, 0.2) is 89.8 Å². The summed E-state index contributed by atoms with van der Waals surface area (Å²) in [5, 5.41) is 2.87. The predicted molar refractivity (Wildman–Crippen MR) is 120 cm³/mol. The molecule has 9 heteroatoms. The van der Waals surface area contributed by atoms with E-state index in [2.05, 4.69) is 10.0 Å². The fourth-order valence-electron chi connectivity index (χ4n) is 3.25. The van der Waals surface area contributed by atoms with Gasteiger partial charge in [0.25, 0.3) is 0 Å². The highest BCUT2D eigenvalue weighted by Gasteiger charge is 2.31. The van der Waals surface area contributed by atoms with Crippen molar-refractivity contribution in [1.29, 1.82) is 0 Å². The average Bonchev–Trinajstić information content (AvgIpc) is 2.74. The SMILES string of the molecule is Cc1ccc(S(=O)(=O)N[C@@H](c2ccccc2)[C@@H](NCP(=O)(O)O)c2ccccc2)cc1. The van der Waals surface area contributed by atoms with Crippen LogP contribution in [0.3, 0.4) is 0 Å². The van der Waals surface area contributed by atoms with Crippen LogP contribution in [-0.4, -0.2) is 24.5 Å². The highest BCUT2D eigenvalue weighted by atomic mass is 32.2. The molecule has 0 aromatic heterocycles. The quantitative estimate of drug-likeness (QED) is 0.364. The third-order valence-corrected chi connectivity index (χ3v) is 6.83. The second kappa shape index (κ2) is 9.87. The summed E-state index contributed by atoms with van der Waals surface area (Å²) in [6.07, 6.45) is -0.595. The van der Waals surface area contributed by atoms with E-state index in [0.29, 0.717) is 11.1 Å². The molecule has 31 heavy (non-hydrogen) atoms. The van der Waals surface area contributed by atoms with Gasteiger partial charge in [-0.1, -0.05) is 78.4 Å². The molecule has 0 heterocycles. The molecule has 0 bridgehead atoms. The lowest BCUT2D eigenvalue weighted by Crippen LogP contribution is -2.38. The lowest BCUT2D eigenvalue weighted by atomic mass is 9.94. The Morgan fingerprint density at radius 1 is 0.806 bits per heavy atom. The number of nitrogens with one attached hydrogen (secondary N) is 2. The topological polar surface area (TPSA) is 116 Å². The maximum atomic E-state index is 13.2. The number of aryl methyl sites for hydroxylation is 1. The molecule has 0 aliphatic heterocycles. The molecule has 0 saturated heterocycles. The van der Waals surface area contributed by atoms with E-state index in [0.717, 1.165) is 5.56 Å². The molecule has 0 fully saturated rings. The molecule has 0 unspecified atom stereocenters. The van der Waals surface area contributed by atoms with Gasteiger partial charge in [-0.3, -0.25) is 9.88 Å². The van der Waals surface area contributed by atoms with Crippen molar-refractivity contribution in [1.82, 2.24) is 10.0 Å². The van der Waals surface area contributed by atoms with Crippen molar-refractivity contribution < 1.29 is 22.8 Å². The summed E-state index contributed by atoms with van der Waals surface area (Å²) in [6.45, 7) is 1.87. The molecule has 3 aromatic carbocycles. The Hall–Kier alpha value is -2.32. The van der Waals surface area contributed by atoms with E-state index >= 15 is 0 Å². The van der Waals surface area contributed by atoms with E-state index in [4.69, 9.17) is 0 Å². The summed E-state index contributed by atoms with van der Waals surface area (Å²) < 4.78 is 40.6. The van der Waals surface area contributed by atoms with Crippen molar-refractivity contribution in [3.8, 4) is 0 Å². The van der Waals surface area contributed by atoms with Crippen LogP contribution in [0.2, 0.25) is 0 Å². The van der Waals surface area contributed by atoms with Crippen molar-refractivity contribution in [2.24, 2.45) is 0 Å². The first-order chi connectivity index (χ1) is 14.7. The number of rotatable bonds is 9. The minimum absolute atomic E-state index is 0.112. The zero-order valence-electron chi connectivity index (χ0n) is 16.9. The molecule has 164 valence electrons. The average molecular weight is 460 g/mol. The van der Waals surface area contributed by atoms with E-state index in [9.17, 15) is 22.8 Å². The second-order valence-electron chi connectivity index (χ2n) is 7.24. The fraction of sp³-hybridized carbons (Fsp3) is 0.182. The van der Waals surface area contributed by atoms with Gasteiger partial charge in [0.05, 0.1) is 23.3 Å². The molecule has 0 aliphatic rings. The Morgan fingerprint density at radius 2 is 1.29 bits per heavy atom. The Bertz CT molecular complexity index is 1130. The Kier molecular flexibility index (Phi) is 7.43. The molecule has 0 saturated carbocycles. The molecule has 0 aliphatic carbocycles. The standard InChI is InChI=1S/C22H25N2O5PS/c1-17-12-14-20(15-13-17)31(28,29)24-22(19-10-6-3-7-11-19)21(23-16-30(25,26)27)18-8-4-2-5-9-18/h2-15,21-24H,16H2,1H3,(H2,25,26,27)/t21-,22-/m0/s1. The van der Waals surface area contributed by atoms with E-state index in [-0.39, 0.29) is 4.90 Å². The molecule has 0 amide bonds. The van der Waals surface area contributed by atoms with Gasteiger partial charge in [-0.25, -0.2) is 13.1 Å². The molecule has 7 nitrogen and oxygen atoms in total. The van der Waals surface area contributed by atoms with Crippen molar-refractivity contribution >= 4 is 17.6 Å². The summed E-state index contributed by atoms with van der Waals surface area (Å²) in [5.74, 6) is 0. The number of hydrogen-bond donors (Lipinski definition) is 4. The molecule has 3 rings (SSSR count). The van der Waals surface area contributed by atoms with Crippen LogP contribution in [0.25, 0.3) is 0 Å². The lowest BCUT2D eigenvalue weighted by molar-refractivity contribution is 0.356. The molecule has 2 atom stereocenters. The Labute approximate surface area is 182 Å². The zero-order valence-corrected chi connectivity index (χ0v) is 18.6. The smallest absolute Gasteiger partial charge is 0.324 e. The minimum atomic E-state index is -4.37. The van der Waals surface area contributed by atoms with Gasteiger partial charge in [-0.05, 0) is 30.2 Å². The fourth-order valence-corrected chi connectivity index (χ4v) is 4.92. The highest BCUT2D eigenvalue weighted by molar-refractivity contribution is 7.89. The first-order valence-electron chi connectivity index (χ1n) is 9.62. The Balaban J connectivity index is 2.05. The summed E-state index contributed by atoms with van der Waals surface area (Å²) in [6, 6.07) is 22.8. The summed E-state index contributed by atoms with van der Waals surface area (Å²) in [7, 11) is -8.29. The van der Waals surface area contributed by atoms with Crippen molar-refractivity contribution in [3.63, 3.8) is 0 Å². The van der Waals surface area contributed by atoms with Gasteiger partial charge in [0.1, 0.15) is 0 Å². The largest absolute Gasteiger partial charge is 0.339 e. The molecular formula is C22H25N2O5PS. The van der Waals surface area contributed by atoms with Crippen LogP contribution in [0.5, 0.6) is 0 Å².